The quantitative estimate of drug-likeness (QED) is 0.0400. The van der Waals surface area contributed by atoms with Crippen molar-refractivity contribution in [3.05, 3.63) is 53.1 Å². The van der Waals surface area contributed by atoms with Gasteiger partial charge in [0, 0.05) is 43.0 Å². The smallest absolute Gasteiger partial charge is 0.272 e. The fourth-order valence-electron chi connectivity index (χ4n) is 6.42. The predicted octanol–water partition coefficient (Wildman–Crippen LogP) is 2.05. The molecule has 2 fully saturated rings. The fourth-order valence-corrected chi connectivity index (χ4v) is 6.42. The molecule has 0 radical (unpaired) electrons. The van der Waals surface area contributed by atoms with Gasteiger partial charge in [0.15, 0.2) is 0 Å². The Balaban J connectivity index is 0.994. The second kappa shape index (κ2) is 15.7. The number of rotatable bonds is 15. The van der Waals surface area contributed by atoms with Gasteiger partial charge in [-0.05, 0) is 49.9 Å². The highest BCUT2D eigenvalue weighted by atomic mass is 16.2. The zero-order valence-corrected chi connectivity index (χ0v) is 27.2. The Morgan fingerprint density at radius 3 is 1.98 bits per heavy atom. The Morgan fingerprint density at radius 2 is 1.33 bits per heavy atom. The highest BCUT2D eigenvalue weighted by Crippen LogP contribution is 2.32. The lowest BCUT2D eigenvalue weighted by Gasteiger charge is -2.30. The summed E-state index contributed by atoms with van der Waals surface area (Å²) in [7, 11) is 0. The van der Waals surface area contributed by atoms with Crippen LogP contribution in [-0.2, 0) is 19.2 Å². The minimum Gasteiger partial charge on any atom is -0.398 e. The van der Waals surface area contributed by atoms with Crippen LogP contribution < -0.4 is 32.8 Å². The molecular weight excluding hydrogens is 632 g/mol. The van der Waals surface area contributed by atoms with E-state index in [2.05, 4.69) is 21.3 Å². The van der Waals surface area contributed by atoms with Crippen molar-refractivity contribution >= 4 is 58.4 Å². The van der Waals surface area contributed by atoms with E-state index in [1.54, 1.807) is 36.4 Å². The number of nitrogens with one attached hydrogen (secondary N) is 4. The van der Waals surface area contributed by atoms with Crippen LogP contribution >= 0.6 is 0 Å². The first-order valence-corrected chi connectivity index (χ1v) is 16.7. The molecule has 2 atom stereocenters. The molecule has 3 aliphatic heterocycles. The maximum absolute atomic E-state index is 13.2. The van der Waals surface area contributed by atoms with Crippen molar-refractivity contribution in [2.45, 2.75) is 82.7 Å². The molecule has 15 nitrogen and oxygen atoms in total. The summed E-state index contributed by atoms with van der Waals surface area (Å²) in [4.78, 5) is 88.0. The van der Waals surface area contributed by atoms with Gasteiger partial charge in [0.05, 0.1) is 16.7 Å². The molecule has 5 rings (SSSR count). The first-order valence-electron chi connectivity index (χ1n) is 16.7. The van der Waals surface area contributed by atoms with Gasteiger partial charge in [-0.15, -0.1) is 0 Å². The molecule has 0 aromatic heterocycles. The van der Waals surface area contributed by atoms with Gasteiger partial charge >= 0.3 is 0 Å². The third kappa shape index (κ3) is 7.88. The van der Waals surface area contributed by atoms with Gasteiger partial charge in [-0.25, -0.2) is 5.84 Å². The minimum absolute atomic E-state index is 0.0714. The molecule has 0 spiro atoms. The average Bonchev–Trinajstić information content (AvgIpc) is 3.32. The molecule has 2 aromatic carbocycles. The molecule has 2 saturated heterocycles. The number of imide groups is 3. The Hall–Kier alpha value is -5.31. The molecule has 3 aliphatic rings. The van der Waals surface area contributed by atoms with Gasteiger partial charge in [0.2, 0.25) is 17.7 Å². The number of fused-ring (bicyclic) bond motifs is 1. The maximum Gasteiger partial charge on any atom is 0.272 e. The van der Waals surface area contributed by atoms with Crippen LogP contribution in [0.25, 0.3) is 0 Å². The number of hydrazine groups is 1. The molecule has 0 bridgehead atoms. The van der Waals surface area contributed by atoms with Crippen molar-refractivity contribution in [1.82, 2.24) is 20.5 Å². The van der Waals surface area contributed by atoms with Gasteiger partial charge in [0.1, 0.15) is 12.1 Å². The van der Waals surface area contributed by atoms with E-state index < -0.39 is 53.4 Å². The van der Waals surface area contributed by atoms with Crippen LogP contribution in [0.1, 0.15) is 102 Å². The number of unbranched alkanes of at least 4 members (excludes halogenated alkanes) is 6. The van der Waals surface area contributed by atoms with E-state index in [9.17, 15) is 33.6 Å². The van der Waals surface area contributed by atoms with Crippen LogP contribution in [-0.4, -0.2) is 76.4 Å². The molecule has 2 unspecified atom stereocenters. The van der Waals surface area contributed by atoms with Crippen molar-refractivity contribution in [1.29, 1.82) is 0 Å². The fraction of sp³-hybridized carbons (Fsp3) is 0.441. The summed E-state index contributed by atoms with van der Waals surface area (Å²) in [6.45, 7) is 1.23. The van der Waals surface area contributed by atoms with E-state index in [1.807, 2.05) is 0 Å². The number of piperidine rings is 2. The molecular formula is C34H42N8O7. The summed E-state index contributed by atoms with van der Waals surface area (Å²) in [6.07, 6.45) is 7.22. The van der Waals surface area contributed by atoms with E-state index in [0.29, 0.717) is 24.5 Å². The number of nitrogens with zero attached hydrogens (tertiary/aromatic N) is 2. The molecule has 15 heteroatoms. The standard InChI is InChI=1S/C34H42N8O7/c35-21-11-9-13-23(29(21)34(49)42(36)25-15-17-27(44)40-31(25)46)38-19-7-5-3-1-2-4-6-18-37-22-12-8-10-20-28(22)33(48)41(32(20)47)24-14-16-26(43)39-30(24)45/h8-13,24-25,37-38H,1-7,14-19,35-36H2,(H,39,43,45)(H,40,44,46). The van der Waals surface area contributed by atoms with E-state index in [-0.39, 0.29) is 48.1 Å². The third-order valence-corrected chi connectivity index (χ3v) is 9.04. The summed E-state index contributed by atoms with van der Waals surface area (Å²) in [6, 6.07) is 8.14. The number of hydrogen-bond donors (Lipinski definition) is 6. The van der Waals surface area contributed by atoms with Gasteiger partial charge in [-0.3, -0.25) is 54.1 Å². The van der Waals surface area contributed by atoms with Gasteiger partial charge in [-0.2, -0.15) is 0 Å². The van der Waals surface area contributed by atoms with Crippen molar-refractivity contribution in [3.8, 4) is 0 Å². The number of amides is 7. The summed E-state index contributed by atoms with van der Waals surface area (Å²) in [5, 5.41) is 11.8. The average molecular weight is 675 g/mol. The molecule has 49 heavy (non-hydrogen) atoms. The second-order valence-electron chi connectivity index (χ2n) is 12.5. The molecule has 0 aliphatic carbocycles. The predicted molar refractivity (Wildman–Crippen MR) is 180 cm³/mol. The summed E-state index contributed by atoms with van der Waals surface area (Å²) in [5.74, 6) is 2.32. The second-order valence-corrected chi connectivity index (χ2v) is 12.5. The largest absolute Gasteiger partial charge is 0.398 e. The molecule has 8 N–H and O–H groups in total. The van der Waals surface area contributed by atoms with E-state index in [4.69, 9.17) is 11.6 Å². The maximum atomic E-state index is 13.2. The van der Waals surface area contributed by atoms with Crippen LogP contribution in [0.3, 0.4) is 0 Å². The van der Waals surface area contributed by atoms with E-state index in [1.165, 1.54) is 0 Å². The SMILES string of the molecule is Nc1cccc(NCCCCCCCCCNc2cccc3c2C(=O)N(C2CCC(=O)NC2=O)C3=O)c1C(=O)N(N)C1CCC(=O)NC1=O. The number of anilines is 3. The Kier molecular flexibility index (Phi) is 11.2. The van der Waals surface area contributed by atoms with Crippen molar-refractivity contribution in [2.24, 2.45) is 5.84 Å². The molecule has 0 saturated carbocycles. The molecule has 3 heterocycles. The van der Waals surface area contributed by atoms with Crippen LogP contribution in [0.2, 0.25) is 0 Å². The lowest BCUT2D eigenvalue weighted by Crippen LogP contribution is -2.57. The zero-order chi connectivity index (χ0) is 35.1. The highest BCUT2D eigenvalue weighted by Gasteiger charge is 2.45. The van der Waals surface area contributed by atoms with Crippen LogP contribution in [0.4, 0.5) is 17.1 Å². The van der Waals surface area contributed by atoms with Crippen molar-refractivity contribution < 1.29 is 33.6 Å². The van der Waals surface area contributed by atoms with Crippen molar-refractivity contribution in [2.75, 3.05) is 29.5 Å². The van der Waals surface area contributed by atoms with Gasteiger partial charge in [0.25, 0.3) is 23.6 Å². The van der Waals surface area contributed by atoms with Crippen LogP contribution in [0, 0.1) is 0 Å². The first-order chi connectivity index (χ1) is 23.6. The molecule has 7 amide bonds. The zero-order valence-electron chi connectivity index (χ0n) is 27.2. The number of carbonyl (C=O) groups excluding carboxylic acids is 7. The number of nitrogens with two attached hydrogens (primary N) is 2. The molecule has 2 aromatic rings. The van der Waals surface area contributed by atoms with Crippen molar-refractivity contribution in [3.63, 3.8) is 0 Å². The van der Waals surface area contributed by atoms with E-state index in [0.717, 1.165) is 54.9 Å². The summed E-state index contributed by atoms with van der Waals surface area (Å²) >= 11 is 0. The lowest BCUT2D eigenvalue weighted by atomic mass is 10.0. The Morgan fingerprint density at radius 1 is 0.755 bits per heavy atom. The van der Waals surface area contributed by atoms with E-state index >= 15 is 0 Å². The Labute approximate surface area is 283 Å². The van der Waals surface area contributed by atoms with Crippen LogP contribution in [0.15, 0.2) is 36.4 Å². The summed E-state index contributed by atoms with van der Waals surface area (Å²) < 4.78 is 0. The highest BCUT2D eigenvalue weighted by molar-refractivity contribution is 6.25. The molecule has 260 valence electrons. The number of hydrogen-bond acceptors (Lipinski definition) is 11. The van der Waals surface area contributed by atoms with Gasteiger partial charge < -0.3 is 16.4 Å². The monoisotopic (exact) mass is 674 g/mol. The summed E-state index contributed by atoms with van der Waals surface area (Å²) in [5.41, 5.74) is 8.13. The first kappa shape index (κ1) is 35.0. The number of benzene rings is 2. The third-order valence-electron chi connectivity index (χ3n) is 9.04. The number of carbonyl (C=O) groups is 7. The number of nitrogen functional groups attached to an aromatic ring is 1. The van der Waals surface area contributed by atoms with Crippen LogP contribution in [0.5, 0.6) is 0 Å². The topological polar surface area (TPSA) is 226 Å². The Bertz CT molecular complexity index is 1660. The minimum atomic E-state index is -0.999. The lowest BCUT2D eigenvalue weighted by molar-refractivity contribution is -0.138. The van der Waals surface area contributed by atoms with Gasteiger partial charge in [-0.1, -0.05) is 44.2 Å². The normalized spacial score (nSPS) is 19.0.